The summed E-state index contributed by atoms with van der Waals surface area (Å²) in [5.41, 5.74) is 1.90. The van der Waals surface area contributed by atoms with E-state index in [4.69, 9.17) is 14.2 Å². The molecule has 34 heavy (non-hydrogen) atoms. The van der Waals surface area contributed by atoms with E-state index in [1.54, 1.807) is 18.2 Å². The number of carbonyl (C=O) groups is 2. The van der Waals surface area contributed by atoms with E-state index in [2.05, 4.69) is 16.9 Å². The van der Waals surface area contributed by atoms with Crippen LogP contribution in [0.2, 0.25) is 0 Å². The predicted molar refractivity (Wildman–Crippen MR) is 134 cm³/mol. The molecule has 2 amide bonds. The largest absolute Gasteiger partial charge is 0.490 e. The molecule has 3 aromatic rings. The van der Waals surface area contributed by atoms with Crippen molar-refractivity contribution in [1.82, 2.24) is 4.57 Å². The smallest absolute Gasteiger partial charge is 0.279 e. The first kappa shape index (κ1) is 25.0. The van der Waals surface area contributed by atoms with Crippen molar-refractivity contribution in [3.63, 3.8) is 0 Å². The summed E-state index contributed by atoms with van der Waals surface area (Å²) >= 11 is 1.36. The standard InChI is InChI=1S/C25H29N3O5S/c1-6-12-28-19-11-10-18(26-16(5)29)15-22(19)34-25(28)27-24(30)17-13-20(31-7-2)23(33-9-4)21(14-17)32-8-3/h6,10-11,13-15H,1,7-9,12H2,2-5H3,(H,26,29). The third kappa shape index (κ3) is 5.66. The van der Waals surface area contributed by atoms with E-state index in [0.717, 1.165) is 10.2 Å². The summed E-state index contributed by atoms with van der Waals surface area (Å²) in [6.07, 6.45) is 1.74. The minimum Gasteiger partial charge on any atom is -0.490 e. The Bertz CT molecular complexity index is 1250. The van der Waals surface area contributed by atoms with Crippen LogP contribution in [0.3, 0.4) is 0 Å². The number of rotatable bonds is 10. The van der Waals surface area contributed by atoms with Gasteiger partial charge >= 0.3 is 0 Å². The molecule has 1 N–H and O–H groups in total. The lowest BCUT2D eigenvalue weighted by Crippen LogP contribution is -2.16. The number of nitrogens with zero attached hydrogens (tertiary/aromatic N) is 2. The van der Waals surface area contributed by atoms with Gasteiger partial charge in [-0.15, -0.1) is 6.58 Å². The van der Waals surface area contributed by atoms with E-state index in [0.29, 0.717) is 59.7 Å². The van der Waals surface area contributed by atoms with Crippen LogP contribution < -0.4 is 24.3 Å². The molecule has 0 saturated carbocycles. The van der Waals surface area contributed by atoms with Gasteiger partial charge in [-0.3, -0.25) is 9.59 Å². The summed E-state index contributed by atoms with van der Waals surface area (Å²) in [5, 5.41) is 2.78. The molecule has 9 heteroatoms. The zero-order valence-electron chi connectivity index (χ0n) is 19.8. The summed E-state index contributed by atoms with van der Waals surface area (Å²) in [7, 11) is 0. The van der Waals surface area contributed by atoms with Crippen LogP contribution in [0.1, 0.15) is 38.1 Å². The summed E-state index contributed by atoms with van der Waals surface area (Å²) in [4.78, 5) is 29.6. The summed E-state index contributed by atoms with van der Waals surface area (Å²) < 4.78 is 20.0. The second-order valence-electron chi connectivity index (χ2n) is 7.17. The van der Waals surface area contributed by atoms with E-state index in [-0.39, 0.29) is 5.91 Å². The average molecular weight is 484 g/mol. The molecule has 1 heterocycles. The quantitative estimate of drug-likeness (QED) is 0.419. The van der Waals surface area contributed by atoms with E-state index in [9.17, 15) is 9.59 Å². The van der Waals surface area contributed by atoms with E-state index in [1.807, 2.05) is 43.5 Å². The first-order chi connectivity index (χ1) is 16.4. The molecule has 2 aromatic carbocycles. The maximum absolute atomic E-state index is 13.2. The van der Waals surface area contributed by atoms with Crippen LogP contribution in [-0.2, 0) is 11.3 Å². The van der Waals surface area contributed by atoms with Crippen molar-refractivity contribution < 1.29 is 23.8 Å². The predicted octanol–water partition coefficient (Wildman–Crippen LogP) is 4.78. The number of anilines is 1. The number of ether oxygens (including phenoxy) is 3. The molecule has 1 aromatic heterocycles. The Morgan fingerprint density at radius 1 is 1.06 bits per heavy atom. The van der Waals surface area contributed by atoms with Crippen LogP contribution in [0, 0.1) is 0 Å². The van der Waals surface area contributed by atoms with Crippen molar-refractivity contribution in [2.24, 2.45) is 4.99 Å². The molecule has 8 nitrogen and oxygen atoms in total. The molecule has 180 valence electrons. The molecule has 3 rings (SSSR count). The number of fused-ring (bicyclic) bond motifs is 1. The highest BCUT2D eigenvalue weighted by molar-refractivity contribution is 7.16. The summed E-state index contributed by atoms with van der Waals surface area (Å²) in [5.74, 6) is 0.752. The summed E-state index contributed by atoms with van der Waals surface area (Å²) in [6.45, 7) is 12.6. The molecule has 0 bridgehead atoms. The Morgan fingerprint density at radius 3 is 2.26 bits per heavy atom. The zero-order valence-corrected chi connectivity index (χ0v) is 20.7. The van der Waals surface area contributed by atoms with Crippen LogP contribution >= 0.6 is 11.3 Å². The van der Waals surface area contributed by atoms with Gasteiger partial charge in [-0.25, -0.2) is 0 Å². The fraction of sp³-hybridized carbons (Fsp3) is 0.320. The monoisotopic (exact) mass is 483 g/mol. The van der Waals surface area contributed by atoms with Gasteiger partial charge in [0.15, 0.2) is 16.3 Å². The molecule has 0 atom stereocenters. The normalized spacial score (nSPS) is 11.4. The Hall–Kier alpha value is -3.59. The number of benzene rings is 2. The maximum Gasteiger partial charge on any atom is 0.279 e. The van der Waals surface area contributed by atoms with Crippen LogP contribution in [0.15, 0.2) is 48.0 Å². The molecular formula is C25H29N3O5S. The number of hydrogen-bond donors (Lipinski definition) is 1. The lowest BCUT2D eigenvalue weighted by molar-refractivity contribution is -0.114. The summed E-state index contributed by atoms with van der Waals surface area (Å²) in [6, 6.07) is 8.83. The molecule has 0 radical (unpaired) electrons. The number of carbonyl (C=O) groups excluding carboxylic acids is 2. The number of allylic oxidation sites excluding steroid dienone is 1. The van der Waals surface area contributed by atoms with Gasteiger partial charge in [-0.1, -0.05) is 17.4 Å². The lowest BCUT2D eigenvalue weighted by atomic mass is 10.1. The van der Waals surface area contributed by atoms with Crippen LogP contribution in [-0.4, -0.2) is 36.2 Å². The average Bonchev–Trinajstić information content (AvgIpc) is 3.12. The van der Waals surface area contributed by atoms with E-state index >= 15 is 0 Å². The molecule has 0 aliphatic heterocycles. The SMILES string of the molecule is C=CCn1c(=NC(=O)c2cc(OCC)c(OCC)c(OCC)c2)sc2cc(NC(C)=O)ccc21. The highest BCUT2D eigenvalue weighted by Gasteiger charge is 2.19. The Labute approximate surface area is 202 Å². The van der Waals surface area contributed by atoms with Crippen molar-refractivity contribution in [2.75, 3.05) is 25.1 Å². The van der Waals surface area contributed by atoms with Gasteiger partial charge in [0.1, 0.15) is 0 Å². The van der Waals surface area contributed by atoms with Gasteiger partial charge in [0.2, 0.25) is 11.7 Å². The van der Waals surface area contributed by atoms with Crippen LogP contribution in [0.4, 0.5) is 5.69 Å². The lowest BCUT2D eigenvalue weighted by Gasteiger charge is -2.16. The van der Waals surface area contributed by atoms with Crippen LogP contribution in [0.5, 0.6) is 17.2 Å². The third-order valence-corrected chi connectivity index (χ3v) is 5.71. The maximum atomic E-state index is 13.2. The number of nitrogens with one attached hydrogen (secondary N) is 1. The fourth-order valence-corrected chi connectivity index (χ4v) is 4.49. The van der Waals surface area contributed by atoms with Gasteiger partial charge in [-0.2, -0.15) is 4.99 Å². The van der Waals surface area contributed by atoms with Crippen molar-refractivity contribution in [1.29, 1.82) is 0 Å². The molecule has 0 spiro atoms. The van der Waals surface area contributed by atoms with Gasteiger partial charge < -0.3 is 24.1 Å². The minimum absolute atomic E-state index is 0.152. The van der Waals surface area contributed by atoms with Crippen molar-refractivity contribution >= 4 is 39.1 Å². The van der Waals surface area contributed by atoms with E-state index in [1.165, 1.54) is 18.3 Å². The third-order valence-electron chi connectivity index (χ3n) is 4.67. The molecule has 0 unspecified atom stereocenters. The van der Waals surface area contributed by atoms with Gasteiger partial charge in [0, 0.05) is 24.7 Å². The molecule has 0 fully saturated rings. The second kappa shape index (κ2) is 11.5. The second-order valence-corrected chi connectivity index (χ2v) is 8.17. The highest BCUT2D eigenvalue weighted by atomic mass is 32.1. The Morgan fingerprint density at radius 2 is 1.71 bits per heavy atom. The van der Waals surface area contributed by atoms with E-state index < -0.39 is 5.91 Å². The molecule has 0 aliphatic carbocycles. The highest BCUT2D eigenvalue weighted by Crippen LogP contribution is 2.39. The topological polar surface area (TPSA) is 91.2 Å². The number of aromatic nitrogens is 1. The van der Waals surface area contributed by atoms with Crippen molar-refractivity contribution in [2.45, 2.75) is 34.2 Å². The van der Waals surface area contributed by atoms with Crippen LogP contribution in [0.25, 0.3) is 10.2 Å². The number of amides is 2. The van der Waals surface area contributed by atoms with Gasteiger partial charge in [-0.05, 0) is 51.1 Å². The Balaban J connectivity index is 2.12. The minimum atomic E-state index is -0.434. The number of hydrogen-bond acceptors (Lipinski definition) is 6. The first-order valence-electron chi connectivity index (χ1n) is 11.1. The first-order valence-corrected chi connectivity index (χ1v) is 11.9. The van der Waals surface area contributed by atoms with Crippen molar-refractivity contribution in [3.05, 3.63) is 53.4 Å². The van der Waals surface area contributed by atoms with Gasteiger partial charge in [0.25, 0.3) is 5.91 Å². The van der Waals surface area contributed by atoms with Crippen molar-refractivity contribution in [3.8, 4) is 17.2 Å². The molecule has 0 aliphatic rings. The molecule has 0 saturated heterocycles. The fourth-order valence-electron chi connectivity index (χ4n) is 3.41. The zero-order chi connectivity index (χ0) is 24.7. The van der Waals surface area contributed by atoms with Gasteiger partial charge in [0.05, 0.1) is 30.0 Å². The number of thiazole rings is 1. The Kier molecular flexibility index (Phi) is 8.48. The molecular weight excluding hydrogens is 454 g/mol.